The van der Waals surface area contributed by atoms with E-state index < -0.39 is 0 Å². The number of hydrogen-bond donors (Lipinski definition) is 0. The maximum absolute atomic E-state index is 12.7. The van der Waals surface area contributed by atoms with E-state index in [0.717, 1.165) is 22.3 Å². The van der Waals surface area contributed by atoms with Crippen LogP contribution in [0.25, 0.3) is 10.2 Å². The number of rotatable bonds is 3. The van der Waals surface area contributed by atoms with Crippen LogP contribution >= 0.6 is 23.1 Å². The van der Waals surface area contributed by atoms with Gasteiger partial charge in [0.15, 0.2) is 4.34 Å². The molecule has 2 atom stereocenters. The maximum Gasteiger partial charge on any atom is 0.233 e. The highest BCUT2D eigenvalue weighted by Gasteiger charge is 2.35. The van der Waals surface area contributed by atoms with Crippen LogP contribution in [0.4, 0.5) is 0 Å². The van der Waals surface area contributed by atoms with Gasteiger partial charge in [0, 0.05) is 12.6 Å². The quantitative estimate of drug-likeness (QED) is 0.763. The Morgan fingerprint density at radius 2 is 2.04 bits per heavy atom. The fourth-order valence-electron chi connectivity index (χ4n) is 4.05. The van der Waals surface area contributed by atoms with Gasteiger partial charge in [0.1, 0.15) is 0 Å². The molecule has 2 unspecified atom stereocenters. The number of piperidine rings is 1. The van der Waals surface area contributed by atoms with Gasteiger partial charge >= 0.3 is 0 Å². The van der Waals surface area contributed by atoms with Gasteiger partial charge < -0.3 is 4.90 Å². The lowest BCUT2D eigenvalue weighted by atomic mass is 9.78. The molecule has 2 fully saturated rings. The molecule has 1 aliphatic heterocycles. The van der Waals surface area contributed by atoms with Crippen LogP contribution < -0.4 is 0 Å². The molecule has 0 bridgehead atoms. The molecule has 1 aromatic carbocycles. The first-order valence-electron chi connectivity index (χ1n) is 8.59. The second-order valence-corrected chi connectivity index (χ2v) is 8.83. The standard InChI is InChI=1S/C18H22N2OS2/c21-17(20-11-5-7-13-6-1-3-9-15(13)20)12-22-18-19-14-8-2-4-10-16(14)23-18/h2,4,8,10,13,15H,1,3,5-7,9,11-12H2. The van der Waals surface area contributed by atoms with Crippen LogP contribution in [0.1, 0.15) is 38.5 Å². The van der Waals surface area contributed by atoms with Crippen molar-refractivity contribution in [3.8, 4) is 0 Å². The summed E-state index contributed by atoms with van der Waals surface area (Å²) < 4.78 is 2.21. The number of hydrogen-bond acceptors (Lipinski definition) is 4. The van der Waals surface area contributed by atoms with Crippen LogP contribution in [0.15, 0.2) is 28.6 Å². The fraction of sp³-hybridized carbons (Fsp3) is 0.556. The van der Waals surface area contributed by atoms with Crippen LogP contribution in [-0.2, 0) is 4.79 Å². The molecule has 5 heteroatoms. The van der Waals surface area contributed by atoms with E-state index in [1.165, 1.54) is 43.2 Å². The number of benzene rings is 1. The number of para-hydroxylation sites is 1. The third-order valence-corrected chi connectivity index (χ3v) is 7.32. The molecule has 0 spiro atoms. The highest BCUT2D eigenvalue weighted by Crippen LogP contribution is 2.36. The smallest absolute Gasteiger partial charge is 0.233 e. The van der Waals surface area contributed by atoms with Gasteiger partial charge in [0.25, 0.3) is 0 Å². The van der Waals surface area contributed by atoms with Crippen molar-refractivity contribution in [2.24, 2.45) is 5.92 Å². The zero-order valence-corrected chi connectivity index (χ0v) is 14.9. The lowest BCUT2D eigenvalue weighted by molar-refractivity contribution is -0.134. The molecule has 0 N–H and O–H groups in total. The Hall–Kier alpha value is -1.07. The van der Waals surface area contributed by atoms with Crippen molar-refractivity contribution in [2.45, 2.75) is 48.9 Å². The Balaban J connectivity index is 1.40. The summed E-state index contributed by atoms with van der Waals surface area (Å²) in [5.74, 6) is 1.60. The number of carbonyl (C=O) groups is 1. The summed E-state index contributed by atoms with van der Waals surface area (Å²) >= 11 is 3.29. The first kappa shape index (κ1) is 15.5. The Morgan fingerprint density at radius 1 is 1.22 bits per heavy atom. The summed E-state index contributed by atoms with van der Waals surface area (Å²) in [6, 6.07) is 8.70. The van der Waals surface area contributed by atoms with Gasteiger partial charge in [0.05, 0.1) is 16.0 Å². The van der Waals surface area contributed by atoms with Gasteiger partial charge in [-0.2, -0.15) is 0 Å². The topological polar surface area (TPSA) is 33.2 Å². The molecular formula is C18H22N2OS2. The molecule has 2 aliphatic rings. The molecule has 1 amide bonds. The van der Waals surface area contributed by atoms with E-state index in [9.17, 15) is 4.79 Å². The van der Waals surface area contributed by atoms with E-state index in [2.05, 4.69) is 16.0 Å². The Kier molecular flexibility index (Phi) is 4.58. The van der Waals surface area contributed by atoms with Gasteiger partial charge in [-0.1, -0.05) is 36.7 Å². The van der Waals surface area contributed by atoms with Crippen molar-refractivity contribution in [3.63, 3.8) is 0 Å². The minimum absolute atomic E-state index is 0.311. The van der Waals surface area contributed by atoms with Crippen LogP contribution in [0.3, 0.4) is 0 Å². The van der Waals surface area contributed by atoms with Gasteiger partial charge in [0.2, 0.25) is 5.91 Å². The lowest BCUT2D eigenvalue weighted by Crippen LogP contribution is -2.50. The predicted octanol–water partition coefficient (Wildman–Crippen LogP) is 4.57. The summed E-state index contributed by atoms with van der Waals surface area (Å²) in [7, 11) is 0. The van der Waals surface area contributed by atoms with Gasteiger partial charge in [-0.05, 0) is 43.7 Å². The number of likely N-dealkylation sites (tertiary alicyclic amines) is 1. The molecule has 122 valence electrons. The van der Waals surface area contributed by atoms with E-state index in [4.69, 9.17) is 0 Å². The highest BCUT2D eigenvalue weighted by atomic mass is 32.2. The maximum atomic E-state index is 12.7. The molecule has 3 nitrogen and oxygen atoms in total. The Labute approximate surface area is 145 Å². The van der Waals surface area contributed by atoms with E-state index in [1.54, 1.807) is 23.1 Å². The van der Waals surface area contributed by atoms with E-state index >= 15 is 0 Å². The van der Waals surface area contributed by atoms with Crippen LogP contribution in [0, 0.1) is 5.92 Å². The SMILES string of the molecule is O=C(CSc1nc2ccccc2s1)N1CCCC2CCCCC21. The van der Waals surface area contributed by atoms with Crippen molar-refractivity contribution < 1.29 is 4.79 Å². The minimum Gasteiger partial charge on any atom is -0.339 e. The Morgan fingerprint density at radius 3 is 2.96 bits per heavy atom. The largest absolute Gasteiger partial charge is 0.339 e. The third-order valence-electron chi connectivity index (χ3n) is 5.16. The van der Waals surface area contributed by atoms with Crippen LogP contribution in [-0.4, -0.2) is 34.1 Å². The molecule has 0 radical (unpaired) electrons. The lowest BCUT2D eigenvalue weighted by Gasteiger charge is -2.44. The van der Waals surface area contributed by atoms with Crippen LogP contribution in [0.5, 0.6) is 0 Å². The van der Waals surface area contributed by atoms with Crippen LogP contribution in [0.2, 0.25) is 0 Å². The van der Waals surface area contributed by atoms with Crippen molar-refractivity contribution in [1.82, 2.24) is 9.88 Å². The average Bonchev–Trinajstić information content (AvgIpc) is 3.02. The summed E-state index contributed by atoms with van der Waals surface area (Å²) in [6.45, 7) is 0.959. The van der Waals surface area contributed by atoms with E-state index in [1.807, 2.05) is 18.2 Å². The molecule has 4 rings (SSSR count). The first-order chi connectivity index (χ1) is 11.3. The molecule has 1 saturated carbocycles. The van der Waals surface area contributed by atoms with Gasteiger partial charge in [-0.15, -0.1) is 11.3 Å². The predicted molar refractivity (Wildman–Crippen MR) is 97.0 cm³/mol. The number of amides is 1. The molecule has 2 heterocycles. The zero-order chi connectivity index (χ0) is 15.6. The number of thiazole rings is 1. The summed E-state index contributed by atoms with van der Waals surface area (Å²) in [5.41, 5.74) is 1.04. The summed E-state index contributed by atoms with van der Waals surface area (Å²) in [6.07, 6.45) is 7.67. The monoisotopic (exact) mass is 346 g/mol. The molecular weight excluding hydrogens is 324 g/mol. The molecule has 1 aliphatic carbocycles. The number of fused-ring (bicyclic) bond motifs is 2. The number of nitrogens with zero attached hydrogens (tertiary/aromatic N) is 2. The van der Waals surface area contributed by atoms with Crippen molar-refractivity contribution in [2.75, 3.05) is 12.3 Å². The first-order valence-corrected chi connectivity index (χ1v) is 10.4. The van der Waals surface area contributed by atoms with Crippen molar-refractivity contribution in [1.29, 1.82) is 0 Å². The summed E-state index contributed by atoms with van der Waals surface area (Å²) in [4.78, 5) is 19.5. The fourth-order valence-corrected chi connectivity index (χ4v) is 6.01. The summed E-state index contributed by atoms with van der Waals surface area (Å²) in [5, 5.41) is 0. The van der Waals surface area contributed by atoms with E-state index in [0.29, 0.717) is 17.7 Å². The molecule has 2 aromatic rings. The molecule has 1 saturated heterocycles. The second kappa shape index (κ2) is 6.81. The van der Waals surface area contributed by atoms with Gasteiger partial charge in [-0.3, -0.25) is 4.79 Å². The number of carbonyl (C=O) groups excluding carboxylic acids is 1. The van der Waals surface area contributed by atoms with Crippen molar-refractivity contribution in [3.05, 3.63) is 24.3 Å². The van der Waals surface area contributed by atoms with Gasteiger partial charge in [-0.25, -0.2) is 4.98 Å². The van der Waals surface area contributed by atoms with E-state index in [-0.39, 0.29) is 0 Å². The number of aromatic nitrogens is 1. The van der Waals surface area contributed by atoms with Crippen molar-refractivity contribution >= 4 is 39.2 Å². The second-order valence-electron chi connectivity index (χ2n) is 6.58. The molecule has 23 heavy (non-hydrogen) atoms. The number of thioether (sulfide) groups is 1. The minimum atomic E-state index is 0.311. The average molecular weight is 347 g/mol. The zero-order valence-electron chi connectivity index (χ0n) is 13.2. The molecule has 1 aromatic heterocycles. The third kappa shape index (κ3) is 3.26. The Bertz CT molecular complexity index is 664. The highest BCUT2D eigenvalue weighted by molar-refractivity contribution is 8.01. The normalized spacial score (nSPS) is 24.6.